The highest BCUT2D eigenvalue weighted by Crippen LogP contribution is 2.09. The topological polar surface area (TPSA) is 36.2 Å². The minimum absolute atomic E-state index is 0.380. The Kier molecular flexibility index (Phi) is 6.25. The zero-order valence-electron chi connectivity index (χ0n) is 8.12. The summed E-state index contributed by atoms with van der Waals surface area (Å²) < 4.78 is 0. The quantitative estimate of drug-likeness (QED) is 0.610. The van der Waals surface area contributed by atoms with Gasteiger partial charge in [-0.2, -0.15) is 0 Å². The molecule has 0 aromatic carbocycles. The summed E-state index contributed by atoms with van der Waals surface area (Å²) in [6.07, 6.45) is 7.62. The monoisotopic (exact) mass is 166 g/mol. The third-order valence-corrected chi connectivity index (χ3v) is 2.08. The van der Waals surface area contributed by atoms with Crippen molar-refractivity contribution in [2.75, 3.05) is 0 Å². The summed E-state index contributed by atoms with van der Waals surface area (Å²) in [5.41, 5.74) is 0. The lowest BCUT2D eigenvalue weighted by Crippen LogP contribution is -2.09. The Bertz CT molecular complexity index is 171. The van der Waals surface area contributed by atoms with E-state index < -0.39 is 0 Å². The van der Waals surface area contributed by atoms with Gasteiger partial charge in [0.2, 0.25) is 0 Å². The molecule has 1 unspecified atom stereocenters. The molecule has 0 amide bonds. The van der Waals surface area contributed by atoms with Crippen molar-refractivity contribution in [2.45, 2.75) is 33.2 Å². The van der Waals surface area contributed by atoms with Crippen LogP contribution in [0.15, 0.2) is 17.1 Å². The molecule has 1 N–H and O–H groups in total. The molecule has 0 saturated heterocycles. The van der Waals surface area contributed by atoms with Gasteiger partial charge in [-0.05, 0) is 25.0 Å². The number of aliphatic imine (C=N–C) groups is 1. The Labute approximate surface area is 74.9 Å². The van der Waals surface area contributed by atoms with Gasteiger partial charge in [-0.1, -0.05) is 20.3 Å². The maximum atomic E-state index is 6.74. The molecule has 0 aromatic rings. The second-order valence-electron chi connectivity index (χ2n) is 2.98. The molecule has 68 valence electrons. The molecule has 0 aliphatic rings. The lowest BCUT2D eigenvalue weighted by Gasteiger charge is -2.12. The summed E-state index contributed by atoms with van der Waals surface area (Å²) in [6.45, 7) is 6.48. The third kappa shape index (κ3) is 4.83. The van der Waals surface area contributed by atoms with E-state index in [1.54, 1.807) is 18.4 Å². The Morgan fingerprint density at radius 1 is 1.33 bits per heavy atom. The van der Waals surface area contributed by atoms with Crippen molar-refractivity contribution in [3.8, 4) is 0 Å². The van der Waals surface area contributed by atoms with Gasteiger partial charge in [0.25, 0.3) is 0 Å². The molecule has 0 heterocycles. The van der Waals surface area contributed by atoms with Gasteiger partial charge in [0.15, 0.2) is 0 Å². The van der Waals surface area contributed by atoms with E-state index in [2.05, 4.69) is 25.8 Å². The second kappa shape index (κ2) is 6.77. The first-order valence-corrected chi connectivity index (χ1v) is 4.41. The largest absolute Gasteiger partial charge is 0.309 e. The normalized spacial score (nSPS) is 16.9. The van der Waals surface area contributed by atoms with Gasteiger partial charge in [-0.25, -0.2) is 0 Å². The summed E-state index contributed by atoms with van der Waals surface area (Å²) in [7, 11) is 0. The number of rotatable bonds is 5. The van der Waals surface area contributed by atoms with Crippen LogP contribution in [0, 0.1) is 11.3 Å². The number of hydrogen-bond acceptors (Lipinski definition) is 2. The van der Waals surface area contributed by atoms with E-state index in [1.807, 2.05) is 0 Å². The van der Waals surface area contributed by atoms with Crippen molar-refractivity contribution in [3.05, 3.63) is 12.2 Å². The fourth-order valence-corrected chi connectivity index (χ4v) is 0.779. The number of allylic oxidation sites excluding steroid dienone is 2. The summed E-state index contributed by atoms with van der Waals surface area (Å²) in [4.78, 5) is 4.32. The molecular weight excluding hydrogens is 148 g/mol. The molecule has 0 aromatic heterocycles. The highest BCUT2D eigenvalue weighted by atomic mass is 14.8. The van der Waals surface area contributed by atoms with Gasteiger partial charge in [-0.15, -0.1) is 0 Å². The molecular formula is C10H18N2. The van der Waals surface area contributed by atoms with Gasteiger partial charge >= 0.3 is 0 Å². The van der Waals surface area contributed by atoms with Crippen LogP contribution in [0.5, 0.6) is 0 Å². The van der Waals surface area contributed by atoms with Crippen molar-refractivity contribution in [1.29, 1.82) is 5.41 Å². The second-order valence-corrected chi connectivity index (χ2v) is 2.98. The van der Waals surface area contributed by atoms with E-state index in [4.69, 9.17) is 5.41 Å². The predicted octanol–water partition coefficient (Wildman–Crippen LogP) is 2.70. The molecule has 12 heavy (non-hydrogen) atoms. The number of nitrogens with zero attached hydrogens (tertiary/aromatic N) is 1. The van der Waals surface area contributed by atoms with Gasteiger partial charge in [0, 0.05) is 18.5 Å². The van der Waals surface area contributed by atoms with Crippen LogP contribution in [-0.4, -0.2) is 18.5 Å². The van der Waals surface area contributed by atoms with Crippen LogP contribution in [0.4, 0.5) is 0 Å². The average Bonchev–Trinajstić information content (AvgIpc) is 2.10. The average molecular weight is 166 g/mol. The standard InChI is InChI=1S/C10H18N2/c1-4-9(2)10(3)12-8-6-5-7-11/h5-11H,4H2,1-3H3/b6-5+,11-7?,12-8+/t9?,10-/m0/s1. The Hall–Kier alpha value is -0.920. The van der Waals surface area contributed by atoms with Crippen molar-refractivity contribution in [2.24, 2.45) is 10.9 Å². The molecule has 0 aliphatic heterocycles. The molecule has 0 aliphatic carbocycles. The molecule has 2 nitrogen and oxygen atoms in total. The molecule has 2 atom stereocenters. The first-order chi connectivity index (χ1) is 5.72. The van der Waals surface area contributed by atoms with Crippen LogP contribution in [0.2, 0.25) is 0 Å². The lowest BCUT2D eigenvalue weighted by atomic mass is 10.0. The van der Waals surface area contributed by atoms with Crippen molar-refractivity contribution in [1.82, 2.24) is 0 Å². The van der Waals surface area contributed by atoms with Crippen molar-refractivity contribution in [3.63, 3.8) is 0 Å². The summed E-state index contributed by atoms with van der Waals surface area (Å²) in [5.74, 6) is 0.634. The first-order valence-electron chi connectivity index (χ1n) is 4.41. The maximum absolute atomic E-state index is 6.74. The van der Waals surface area contributed by atoms with Crippen LogP contribution in [0.1, 0.15) is 27.2 Å². The third-order valence-electron chi connectivity index (χ3n) is 2.08. The SMILES string of the molecule is CCC(C)[C@H](C)/N=C/C=C/C=N. The molecule has 0 saturated carbocycles. The predicted molar refractivity (Wildman–Crippen MR) is 55.3 cm³/mol. The number of nitrogens with one attached hydrogen (secondary N) is 1. The minimum Gasteiger partial charge on any atom is -0.309 e. The molecule has 0 radical (unpaired) electrons. The van der Waals surface area contributed by atoms with Crippen LogP contribution in [0.25, 0.3) is 0 Å². The van der Waals surface area contributed by atoms with E-state index in [0.717, 1.165) is 6.42 Å². The minimum atomic E-state index is 0.380. The van der Waals surface area contributed by atoms with Gasteiger partial charge in [0.05, 0.1) is 0 Å². The smallest absolute Gasteiger partial charge is 0.0496 e. The Balaban J connectivity index is 3.81. The lowest BCUT2D eigenvalue weighted by molar-refractivity contribution is 0.473. The highest BCUT2D eigenvalue weighted by molar-refractivity contribution is 5.79. The summed E-state index contributed by atoms with van der Waals surface area (Å²) in [5, 5.41) is 6.74. The van der Waals surface area contributed by atoms with Crippen LogP contribution in [-0.2, 0) is 0 Å². The van der Waals surface area contributed by atoms with E-state index in [9.17, 15) is 0 Å². The van der Waals surface area contributed by atoms with Gasteiger partial charge in [0.1, 0.15) is 0 Å². The fraction of sp³-hybridized carbons (Fsp3) is 0.600. The van der Waals surface area contributed by atoms with E-state index in [1.165, 1.54) is 6.21 Å². The molecule has 0 bridgehead atoms. The van der Waals surface area contributed by atoms with Gasteiger partial charge < -0.3 is 5.41 Å². The number of hydrogen-bond donors (Lipinski definition) is 1. The zero-order chi connectivity index (χ0) is 9.40. The zero-order valence-corrected chi connectivity index (χ0v) is 8.12. The van der Waals surface area contributed by atoms with Gasteiger partial charge in [-0.3, -0.25) is 4.99 Å². The fourth-order valence-electron chi connectivity index (χ4n) is 0.779. The molecule has 0 spiro atoms. The van der Waals surface area contributed by atoms with E-state index in [0.29, 0.717) is 12.0 Å². The van der Waals surface area contributed by atoms with E-state index >= 15 is 0 Å². The highest BCUT2D eigenvalue weighted by Gasteiger charge is 2.05. The summed E-state index contributed by atoms with van der Waals surface area (Å²) in [6, 6.07) is 0.380. The van der Waals surface area contributed by atoms with Crippen molar-refractivity contribution < 1.29 is 0 Å². The van der Waals surface area contributed by atoms with Crippen LogP contribution in [0.3, 0.4) is 0 Å². The van der Waals surface area contributed by atoms with Crippen LogP contribution >= 0.6 is 0 Å². The molecule has 2 heteroatoms. The molecule has 0 rings (SSSR count). The Morgan fingerprint density at radius 2 is 2.00 bits per heavy atom. The summed E-state index contributed by atoms with van der Waals surface area (Å²) >= 11 is 0. The first kappa shape index (κ1) is 11.1. The van der Waals surface area contributed by atoms with Crippen molar-refractivity contribution >= 4 is 12.4 Å². The van der Waals surface area contributed by atoms with E-state index in [-0.39, 0.29) is 0 Å². The van der Waals surface area contributed by atoms with Crippen LogP contribution < -0.4 is 0 Å². The molecule has 0 fully saturated rings. The Morgan fingerprint density at radius 3 is 2.50 bits per heavy atom. The maximum Gasteiger partial charge on any atom is 0.0496 e.